The number of hydrogen-bond acceptors (Lipinski definition) is 4. The lowest BCUT2D eigenvalue weighted by Gasteiger charge is -2.12. The van der Waals surface area contributed by atoms with Crippen LogP contribution in [0, 0.1) is 0 Å². The number of benzene rings is 2. The second-order valence-corrected chi connectivity index (χ2v) is 5.64. The minimum atomic E-state index is -0.569. The highest BCUT2D eigenvalue weighted by atomic mass is 16.5. The van der Waals surface area contributed by atoms with Crippen LogP contribution in [0.3, 0.4) is 0 Å². The Bertz CT molecular complexity index is 788. The number of amides is 2. The molecule has 2 aromatic rings. The SMILES string of the molecule is COc1cc(/C=C/C(=O)NC(C)c2ccccc2)ccc1OCC(N)=O. The summed E-state index contributed by atoms with van der Waals surface area (Å²) in [6.45, 7) is 1.69. The topological polar surface area (TPSA) is 90.7 Å². The molecule has 0 saturated heterocycles. The Hall–Kier alpha value is -3.28. The molecule has 0 aliphatic heterocycles. The number of rotatable bonds is 8. The Labute approximate surface area is 152 Å². The number of ether oxygens (including phenoxy) is 2. The van der Waals surface area contributed by atoms with Gasteiger partial charge in [-0.3, -0.25) is 9.59 Å². The van der Waals surface area contributed by atoms with Gasteiger partial charge in [-0.15, -0.1) is 0 Å². The van der Waals surface area contributed by atoms with Gasteiger partial charge in [-0.1, -0.05) is 36.4 Å². The standard InChI is InChI=1S/C20H22N2O4/c1-14(16-6-4-3-5-7-16)22-20(24)11-9-15-8-10-17(18(12-15)25-2)26-13-19(21)23/h3-12,14H,13H2,1-2H3,(H2,21,23)(H,22,24)/b11-9+. The summed E-state index contributed by atoms with van der Waals surface area (Å²) in [5.41, 5.74) is 6.86. The molecule has 0 fully saturated rings. The summed E-state index contributed by atoms with van der Waals surface area (Å²) >= 11 is 0. The lowest BCUT2D eigenvalue weighted by Crippen LogP contribution is -2.24. The van der Waals surface area contributed by atoms with E-state index in [0.717, 1.165) is 11.1 Å². The first-order valence-electron chi connectivity index (χ1n) is 8.12. The lowest BCUT2D eigenvalue weighted by atomic mass is 10.1. The maximum atomic E-state index is 12.1. The van der Waals surface area contributed by atoms with Gasteiger partial charge in [0, 0.05) is 6.08 Å². The number of methoxy groups -OCH3 is 1. The molecule has 0 aromatic heterocycles. The minimum Gasteiger partial charge on any atom is -0.493 e. The Balaban J connectivity index is 2.00. The van der Waals surface area contributed by atoms with E-state index in [1.807, 2.05) is 37.3 Å². The van der Waals surface area contributed by atoms with E-state index in [0.29, 0.717) is 11.5 Å². The van der Waals surface area contributed by atoms with Crippen LogP contribution in [0.15, 0.2) is 54.6 Å². The second-order valence-electron chi connectivity index (χ2n) is 5.64. The normalized spacial score (nSPS) is 11.8. The predicted molar refractivity (Wildman–Crippen MR) is 99.7 cm³/mol. The molecule has 0 bridgehead atoms. The average molecular weight is 354 g/mol. The van der Waals surface area contributed by atoms with Gasteiger partial charge in [0.2, 0.25) is 5.91 Å². The number of carbonyl (C=O) groups excluding carboxylic acids is 2. The fourth-order valence-electron chi connectivity index (χ4n) is 2.31. The van der Waals surface area contributed by atoms with Crippen LogP contribution < -0.4 is 20.5 Å². The van der Waals surface area contributed by atoms with E-state index in [4.69, 9.17) is 15.2 Å². The molecule has 0 aliphatic rings. The molecule has 6 nitrogen and oxygen atoms in total. The summed E-state index contributed by atoms with van der Waals surface area (Å²) in [4.78, 5) is 22.9. The largest absolute Gasteiger partial charge is 0.493 e. The van der Waals surface area contributed by atoms with Gasteiger partial charge >= 0.3 is 0 Å². The molecule has 0 heterocycles. The van der Waals surface area contributed by atoms with Crippen LogP contribution >= 0.6 is 0 Å². The fourth-order valence-corrected chi connectivity index (χ4v) is 2.31. The van der Waals surface area contributed by atoms with Crippen LogP contribution in [-0.2, 0) is 9.59 Å². The highest BCUT2D eigenvalue weighted by molar-refractivity contribution is 5.92. The van der Waals surface area contributed by atoms with Crippen molar-refractivity contribution in [3.8, 4) is 11.5 Å². The van der Waals surface area contributed by atoms with Crippen LogP contribution in [0.5, 0.6) is 11.5 Å². The molecule has 26 heavy (non-hydrogen) atoms. The van der Waals surface area contributed by atoms with E-state index in [9.17, 15) is 9.59 Å². The number of primary amides is 1. The molecular weight excluding hydrogens is 332 g/mol. The van der Waals surface area contributed by atoms with Crippen molar-refractivity contribution < 1.29 is 19.1 Å². The first-order chi connectivity index (χ1) is 12.5. The van der Waals surface area contributed by atoms with Gasteiger partial charge in [0.25, 0.3) is 5.91 Å². The van der Waals surface area contributed by atoms with Gasteiger partial charge in [0.05, 0.1) is 13.2 Å². The molecule has 0 spiro atoms. The summed E-state index contributed by atoms with van der Waals surface area (Å²) in [7, 11) is 1.49. The zero-order chi connectivity index (χ0) is 18.9. The van der Waals surface area contributed by atoms with Crippen LogP contribution in [-0.4, -0.2) is 25.5 Å². The molecule has 1 atom stereocenters. The third kappa shape index (κ3) is 5.66. The van der Waals surface area contributed by atoms with Crippen molar-refractivity contribution in [2.75, 3.05) is 13.7 Å². The monoisotopic (exact) mass is 354 g/mol. The molecule has 3 N–H and O–H groups in total. The Morgan fingerprint density at radius 3 is 2.54 bits per heavy atom. The molecule has 2 rings (SSSR count). The molecule has 0 aliphatic carbocycles. The predicted octanol–water partition coefficient (Wildman–Crippen LogP) is 2.45. The molecule has 2 amide bonds. The average Bonchev–Trinajstić information content (AvgIpc) is 2.65. The summed E-state index contributed by atoms with van der Waals surface area (Å²) in [5.74, 6) is 0.0895. The molecule has 2 aromatic carbocycles. The Kier molecular flexibility index (Phi) is 6.79. The first kappa shape index (κ1) is 19.1. The van der Waals surface area contributed by atoms with Gasteiger partial charge in [0.15, 0.2) is 18.1 Å². The number of nitrogens with one attached hydrogen (secondary N) is 1. The van der Waals surface area contributed by atoms with Gasteiger partial charge in [-0.2, -0.15) is 0 Å². The highest BCUT2D eigenvalue weighted by Gasteiger charge is 2.08. The van der Waals surface area contributed by atoms with Crippen molar-refractivity contribution in [3.05, 3.63) is 65.7 Å². The van der Waals surface area contributed by atoms with Crippen molar-refractivity contribution in [2.24, 2.45) is 5.73 Å². The maximum absolute atomic E-state index is 12.1. The van der Waals surface area contributed by atoms with Crippen molar-refractivity contribution in [2.45, 2.75) is 13.0 Å². The smallest absolute Gasteiger partial charge is 0.255 e. The molecule has 0 radical (unpaired) electrons. The third-order valence-electron chi connectivity index (χ3n) is 3.64. The van der Waals surface area contributed by atoms with Gasteiger partial charge in [-0.05, 0) is 36.3 Å². The summed E-state index contributed by atoms with van der Waals surface area (Å²) in [6.07, 6.45) is 3.13. The van der Waals surface area contributed by atoms with Crippen molar-refractivity contribution in [1.82, 2.24) is 5.32 Å². The fraction of sp³-hybridized carbons (Fsp3) is 0.200. The summed E-state index contributed by atoms with van der Waals surface area (Å²) in [5, 5.41) is 2.91. The first-order valence-corrected chi connectivity index (χ1v) is 8.12. The molecule has 1 unspecified atom stereocenters. The van der Waals surface area contributed by atoms with Gasteiger partial charge in [0.1, 0.15) is 0 Å². The summed E-state index contributed by atoms with van der Waals surface area (Å²) in [6, 6.07) is 14.8. The van der Waals surface area contributed by atoms with Crippen LogP contribution in [0.2, 0.25) is 0 Å². The second kappa shape index (κ2) is 9.27. The van der Waals surface area contributed by atoms with Crippen LogP contribution in [0.4, 0.5) is 0 Å². The number of nitrogens with two attached hydrogens (primary N) is 1. The van der Waals surface area contributed by atoms with E-state index in [2.05, 4.69) is 5.32 Å². The highest BCUT2D eigenvalue weighted by Crippen LogP contribution is 2.28. The Morgan fingerprint density at radius 2 is 1.88 bits per heavy atom. The van der Waals surface area contributed by atoms with Gasteiger partial charge in [-0.25, -0.2) is 0 Å². The molecular formula is C20H22N2O4. The lowest BCUT2D eigenvalue weighted by molar-refractivity contribution is -0.120. The van der Waals surface area contributed by atoms with E-state index < -0.39 is 5.91 Å². The Morgan fingerprint density at radius 1 is 1.15 bits per heavy atom. The van der Waals surface area contributed by atoms with E-state index in [1.54, 1.807) is 24.3 Å². The minimum absolute atomic E-state index is 0.0903. The number of carbonyl (C=O) groups is 2. The maximum Gasteiger partial charge on any atom is 0.255 e. The van der Waals surface area contributed by atoms with Crippen LogP contribution in [0.25, 0.3) is 6.08 Å². The van der Waals surface area contributed by atoms with E-state index in [-0.39, 0.29) is 18.6 Å². The van der Waals surface area contributed by atoms with Crippen molar-refractivity contribution in [3.63, 3.8) is 0 Å². The molecule has 0 saturated carbocycles. The molecule has 6 heteroatoms. The van der Waals surface area contributed by atoms with E-state index in [1.165, 1.54) is 13.2 Å². The zero-order valence-electron chi connectivity index (χ0n) is 14.8. The van der Waals surface area contributed by atoms with E-state index >= 15 is 0 Å². The van der Waals surface area contributed by atoms with Crippen LogP contribution in [0.1, 0.15) is 24.1 Å². The van der Waals surface area contributed by atoms with Crippen molar-refractivity contribution in [1.29, 1.82) is 0 Å². The molecule has 136 valence electrons. The van der Waals surface area contributed by atoms with Gasteiger partial charge < -0.3 is 20.5 Å². The number of hydrogen-bond donors (Lipinski definition) is 2. The third-order valence-corrected chi connectivity index (χ3v) is 3.64. The summed E-state index contributed by atoms with van der Waals surface area (Å²) < 4.78 is 10.5. The zero-order valence-corrected chi connectivity index (χ0v) is 14.8. The quantitative estimate of drug-likeness (QED) is 0.713. The van der Waals surface area contributed by atoms with Crippen molar-refractivity contribution >= 4 is 17.9 Å².